The van der Waals surface area contributed by atoms with Gasteiger partial charge in [0.05, 0.1) is 0 Å². The van der Waals surface area contributed by atoms with Crippen molar-refractivity contribution in [3.63, 3.8) is 0 Å². The summed E-state index contributed by atoms with van der Waals surface area (Å²) in [6.45, 7) is 2.40. The van der Waals surface area contributed by atoms with Crippen LogP contribution in [0.3, 0.4) is 0 Å². The summed E-state index contributed by atoms with van der Waals surface area (Å²) >= 11 is 0. The average Bonchev–Trinajstić information content (AvgIpc) is 2.15. The highest BCUT2D eigenvalue weighted by molar-refractivity contribution is 5.98. The predicted molar refractivity (Wildman–Crippen MR) is 56.8 cm³/mol. The molecule has 0 aliphatic heterocycles. The van der Waals surface area contributed by atoms with Gasteiger partial charge in [0.2, 0.25) is 11.8 Å². The smallest absolute Gasteiger partial charge is 0.339 e. The number of aromatic nitrogens is 1. The number of hydrogen-bond acceptors (Lipinski definition) is 5. The van der Waals surface area contributed by atoms with Gasteiger partial charge in [0.1, 0.15) is 5.56 Å². The molecule has 0 atom stereocenters. The largest absolute Gasteiger partial charge is 0.478 e. The van der Waals surface area contributed by atoms with Gasteiger partial charge in [-0.05, 0) is 6.07 Å². The molecule has 0 fully saturated rings. The highest BCUT2D eigenvalue weighted by atomic mass is 16.5. The zero-order valence-electron chi connectivity index (χ0n) is 9.18. The number of hydrogen-bond donors (Lipinski definition) is 2. The topological polar surface area (TPSA) is 106 Å². The quantitative estimate of drug-likeness (QED) is 0.749. The molecule has 1 aromatic rings. The molecule has 7 heteroatoms. The van der Waals surface area contributed by atoms with Crippen LogP contribution in [0.25, 0.3) is 0 Å². The Labute approximate surface area is 96.4 Å². The van der Waals surface area contributed by atoms with Crippen molar-refractivity contribution in [3.8, 4) is 5.88 Å². The number of nitrogens with one attached hydrogen (secondary N) is 1. The lowest BCUT2D eigenvalue weighted by molar-refractivity contribution is -0.132. The van der Waals surface area contributed by atoms with Crippen LogP contribution >= 0.6 is 0 Å². The maximum Gasteiger partial charge on any atom is 0.339 e. The van der Waals surface area contributed by atoms with Crippen LogP contribution in [-0.4, -0.2) is 27.9 Å². The van der Waals surface area contributed by atoms with Gasteiger partial charge in [-0.25, -0.2) is 4.79 Å². The molecule has 1 heterocycles. The number of pyridine rings is 1. The lowest BCUT2D eigenvalue weighted by Crippen LogP contribution is -2.13. The molecule has 0 saturated heterocycles. The number of amides is 1. The maximum atomic E-state index is 10.9. The number of carboxylic acids is 1. The monoisotopic (exact) mass is 238 g/mol. The van der Waals surface area contributed by atoms with Crippen LogP contribution in [0.2, 0.25) is 0 Å². The number of nitrogens with zero attached hydrogens (tertiary/aromatic N) is 1. The minimum absolute atomic E-state index is 0.0775. The van der Waals surface area contributed by atoms with Crippen molar-refractivity contribution in [2.45, 2.75) is 13.8 Å². The Hall–Kier alpha value is -2.44. The highest BCUT2D eigenvalue weighted by Gasteiger charge is 2.14. The number of ether oxygens (including phenoxy) is 1. The summed E-state index contributed by atoms with van der Waals surface area (Å²) in [5, 5.41) is 11.1. The summed E-state index contributed by atoms with van der Waals surface area (Å²) < 4.78 is 4.68. The fraction of sp³-hybridized carbons (Fsp3) is 0.200. The van der Waals surface area contributed by atoms with Crippen molar-refractivity contribution in [2.75, 3.05) is 5.32 Å². The molecular weight excluding hydrogens is 228 g/mol. The van der Waals surface area contributed by atoms with Crippen LogP contribution in [0.4, 0.5) is 5.82 Å². The molecule has 0 spiro atoms. The molecule has 7 nitrogen and oxygen atoms in total. The molecule has 0 aromatic carbocycles. The Morgan fingerprint density at radius 3 is 2.41 bits per heavy atom. The summed E-state index contributed by atoms with van der Waals surface area (Å²) in [5.74, 6) is -2.54. The minimum atomic E-state index is -1.24. The summed E-state index contributed by atoms with van der Waals surface area (Å²) in [6.07, 6.45) is 0. The van der Waals surface area contributed by atoms with Crippen molar-refractivity contribution < 1.29 is 24.2 Å². The first kappa shape index (κ1) is 12.6. The van der Waals surface area contributed by atoms with E-state index in [9.17, 15) is 14.4 Å². The van der Waals surface area contributed by atoms with Gasteiger partial charge in [0.25, 0.3) is 0 Å². The molecule has 0 unspecified atom stereocenters. The van der Waals surface area contributed by atoms with E-state index >= 15 is 0 Å². The standard InChI is InChI=1S/C10H10N2O5/c1-5(13)11-9-7(10(15)16)3-4-8(12-9)17-6(2)14/h3-4H,1-2H3,(H,15,16)(H,11,12,13). The lowest BCUT2D eigenvalue weighted by Gasteiger charge is -2.07. The van der Waals surface area contributed by atoms with Crippen molar-refractivity contribution in [2.24, 2.45) is 0 Å². The van der Waals surface area contributed by atoms with Gasteiger partial charge in [-0.3, -0.25) is 9.59 Å². The molecule has 90 valence electrons. The van der Waals surface area contributed by atoms with Gasteiger partial charge in [-0.15, -0.1) is 0 Å². The fourth-order valence-corrected chi connectivity index (χ4v) is 1.08. The van der Waals surface area contributed by atoms with E-state index in [1.54, 1.807) is 0 Å². The second-order valence-electron chi connectivity index (χ2n) is 3.13. The first-order valence-corrected chi connectivity index (χ1v) is 4.60. The third-order valence-corrected chi connectivity index (χ3v) is 1.64. The molecule has 1 aromatic heterocycles. The zero-order valence-corrected chi connectivity index (χ0v) is 9.18. The van der Waals surface area contributed by atoms with Gasteiger partial charge >= 0.3 is 11.9 Å². The Morgan fingerprint density at radius 2 is 1.94 bits per heavy atom. The maximum absolute atomic E-state index is 10.9. The summed E-state index contributed by atoms with van der Waals surface area (Å²) in [5.41, 5.74) is -0.184. The summed E-state index contributed by atoms with van der Waals surface area (Å²) in [4.78, 5) is 36.1. The van der Waals surface area contributed by atoms with Crippen molar-refractivity contribution >= 4 is 23.7 Å². The van der Waals surface area contributed by atoms with E-state index in [1.165, 1.54) is 26.0 Å². The zero-order chi connectivity index (χ0) is 13.0. The van der Waals surface area contributed by atoms with Crippen LogP contribution in [0.1, 0.15) is 24.2 Å². The Morgan fingerprint density at radius 1 is 1.29 bits per heavy atom. The van der Waals surface area contributed by atoms with Crippen molar-refractivity contribution in [1.29, 1.82) is 0 Å². The molecule has 2 N–H and O–H groups in total. The number of aromatic carboxylic acids is 1. The summed E-state index contributed by atoms with van der Waals surface area (Å²) in [6, 6.07) is 2.43. The molecule has 0 saturated carbocycles. The van der Waals surface area contributed by atoms with Crippen LogP contribution in [-0.2, 0) is 9.59 Å². The van der Waals surface area contributed by atoms with E-state index in [2.05, 4.69) is 15.0 Å². The van der Waals surface area contributed by atoms with Gasteiger partial charge in [0, 0.05) is 19.9 Å². The van der Waals surface area contributed by atoms with Gasteiger partial charge in [0.15, 0.2) is 5.82 Å². The molecule has 0 aliphatic rings. The van der Waals surface area contributed by atoms with E-state index in [1.807, 2.05) is 0 Å². The van der Waals surface area contributed by atoms with Crippen LogP contribution in [0.5, 0.6) is 5.88 Å². The Kier molecular flexibility index (Phi) is 3.76. The molecule has 17 heavy (non-hydrogen) atoms. The van der Waals surface area contributed by atoms with Crippen LogP contribution < -0.4 is 10.1 Å². The van der Waals surface area contributed by atoms with E-state index in [4.69, 9.17) is 5.11 Å². The number of carbonyl (C=O) groups excluding carboxylic acids is 2. The normalized spacial score (nSPS) is 9.53. The Balaban J connectivity index is 3.13. The minimum Gasteiger partial charge on any atom is -0.478 e. The van der Waals surface area contributed by atoms with Crippen LogP contribution in [0, 0.1) is 0 Å². The molecule has 0 bridgehead atoms. The number of rotatable bonds is 3. The molecule has 0 aliphatic carbocycles. The third-order valence-electron chi connectivity index (χ3n) is 1.64. The number of carboxylic acid groups (broad SMARTS) is 1. The second kappa shape index (κ2) is 5.06. The van der Waals surface area contributed by atoms with E-state index in [0.29, 0.717) is 0 Å². The molecular formula is C10H10N2O5. The molecule has 0 radical (unpaired) electrons. The molecule has 1 amide bonds. The third kappa shape index (κ3) is 3.56. The van der Waals surface area contributed by atoms with Gasteiger partial charge in [-0.2, -0.15) is 4.98 Å². The van der Waals surface area contributed by atoms with E-state index in [0.717, 1.165) is 0 Å². The van der Waals surface area contributed by atoms with Crippen LogP contribution in [0.15, 0.2) is 12.1 Å². The SMILES string of the molecule is CC(=O)Nc1nc(OC(C)=O)ccc1C(=O)O. The first-order valence-electron chi connectivity index (χ1n) is 4.60. The van der Waals surface area contributed by atoms with Gasteiger partial charge in [-0.1, -0.05) is 0 Å². The van der Waals surface area contributed by atoms with Crippen molar-refractivity contribution in [3.05, 3.63) is 17.7 Å². The van der Waals surface area contributed by atoms with Gasteiger partial charge < -0.3 is 15.2 Å². The first-order chi connectivity index (χ1) is 7.90. The fourth-order valence-electron chi connectivity index (χ4n) is 1.08. The molecule has 1 rings (SSSR count). The average molecular weight is 238 g/mol. The van der Waals surface area contributed by atoms with Crippen molar-refractivity contribution in [1.82, 2.24) is 4.98 Å². The Bertz CT molecular complexity index is 484. The number of carbonyl (C=O) groups is 3. The van der Waals surface area contributed by atoms with E-state index < -0.39 is 17.8 Å². The second-order valence-corrected chi connectivity index (χ2v) is 3.13. The lowest BCUT2D eigenvalue weighted by atomic mass is 10.2. The predicted octanol–water partition coefficient (Wildman–Crippen LogP) is 0.663. The van der Waals surface area contributed by atoms with E-state index in [-0.39, 0.29) is 17.3 Å². The number of esters is 1. The number of anilines is 1. The summed E-state index contributed by atoms with van der Waals surface area (Å²) in [7, 11) is 0. The highest BCUT2D eigenvalue weighted by Crippen LogP contribution is 2.18.